The molecule has 0 saturated heterocycles. The van der Waals surface area contributed by atoms with E-state index in [1.54, 1.807) is 12.1 Å². The lowest BCUT2D eigenvalue weighted by atomic mass is 10.2. The summed E-state index contributed by atoms with van der Waals surface area (Å²) in [5.74, 6) is -0.467. The number of nitrogens with zero attached hydrogens (tertiary/aromatic N) is 1. The number of hydrogen-bond donors (Lipinski definition) is 1. The molecule has 0 bridgehead atoms. The monoisotopic (exact) mass is 209 g/mol. The van der Waals surface area contributed by atoms with Gasteiger partial charge in [0.05, 0.1) is 9.77 Å². The zero-order valence-electron chi connectivity index (χ0n) is 6.41. The van der Waals surface area contributed by atoms with Crippen molar-refractivity contribution in [2.24, 2.45) is 0 Å². The fraction of sp³-hybridized carbons (Fsp3) is 0. The molecule has 0 radical (unpaired) electrons. The van der Waals surface area contributed by atoms with Crippen LogP contribution in [0.3, 0.4) is 0 Å². The molecule has 2 rings (SSSR count). The van der Waals surface area contributed by atoms with E-state index in [2.05, 4.69) is 12.6 Å². The van der Waals surface area contributed by atoms with Gasteiger partial charge in [-0.1, -0.05) is 0 Å². The first-order valence-electron chi connectivity index (χ1n) is 3.53. The number of hydrogen-bond acceptors (Lipinski definition) is 3. The number of thiol groups is 1. The first kappa shape index (κ1) is 8.54. The van der Waals surface area contributed by atoms with Gasteiger partial charge in [-0.25, -0.2) is 4.39 Å². The molecule has 1 aromatic heterocycles. The molecule has 0 aliphatic heterocycles. The molecule has 1 aromatic carbocycles. The van der Waals surface area contributed by atoms with Crippen molar-refractivity contribution in [3.63, 3.8) is 0 Å². The number of halogens is 1. The van der Waals surface area contributed by atoms with E-state index in [0.717, 1.165) is 14.3 Å². The highest BCUT2D eigenvalue weighted by molar-refractivity contribution is 7.83. The minimum atomic E-state index is -0.467. The Morgan fingerprint density at radius 2 is 2.15 bits per heavy atom. The molecule has 64 valence electrons. The third-order valence-corrected chi connectivity index (χ3v) is 3.02. The maximum absolute atomic E-state index is 13.1. The summed E-state index contributed by atoms with van der Waals surface area (Å²) in [6.07, 6.45) is 0. The van der Waals surface area contributed by atoms with Crippen molar-refractivity contribution in [1.82, 2.24) is 0 Å². The molecule has 0 spiro atoms. The first-order chi connectivity index (χ1) is 6.20. The summed E-state index contributed by atoms with van der Waals surface area (Å²) in [4.78, 5) is 0. The molecule has 2 aromatic rings. The van der Waals surface area contributed by atoms with Crippen LogP contribution >= 0.6 is 24.0 Å². The van der Waals surface area contributed by atoms with Gasteiger partial charge in [0.1, 0.15) is 11.9 Å². The van der Waals surface area contributed by atoms with Gasteiger partial charge < -0.3 is 0 Å². The van der Waals surface area contributed by atoms with Gasteiger partial charge in [0.2, 0.25) is 0 Å². The molecule has 1 heterocycles. The van der Waals surface area contributed by atoms with Crippen LogP contribution in [0.25, 0.3) is 10.1 Å². The molecule has 4 heteroatoms. The minimum absolute atomic E-state index is 0.0821. The summed E-state index contributed by atoms with van der Waals surface area (Å²) in [5, 5.41) is 9.45. The molecule has 0 aliphatic carbocycles. The largest absolute Gasteiger partial charge is 0.205 e. The molecular formula is C9H4FNS2. The summed E-state index contributed by atoms with van der Waals surface area (Å²) in [7, 11) is 0. The van der Waals surface area contributed by atoms with Crippen LogP contribution in [0.2, 0.25) is 0 Å². The Labute approximate surface area is 83.8 Å². The van der Waals surface area contributed by atoms with E-state index < -0.39 is 5.82 Å². The number of rotatable bonds is 0. The van der Waals surface area contributed by atoms with Crippen LogP contribution in [-0.4, -0.2) is 0 Å². The predicted molar refractivity (Wildman–Crippen MR) is 53.8 cm³/mol. The summed E-state index contributed by atoms with van der Waals surface area (Å²) in [6, 6.07) is 6.54. The summed E-state index contributed by atoms with van der Waals surface area (Å²) in [6.45, 7) is 0. The Kier molecular flexibility index (Phi) is 1.98. The molecule has 0 unspecified atom stereocenters. The summed E-state index contributed by atoms with van der Waals surface area (Å²) < 4.78 is 14.7. The van der Waals surface area contributed by atoms with Crippen LogP contribution < -0.4 is 0 Å². The van der Waals surface area contributed by atoms with Gasteiger partial charge in [-0.15, -0.1) is 24.0 Å². The van der Waals surface area contributed by atoms with Crippen LogP contribution in [0.4, 0.5) is 4.39 Å². The second-order valence-electron chi connectivity index (χ2n) is 2.57. The van der Waals surface area contributed by atoms with Crippen molar-refractivity contribution in [3.05, 3.63) is 29.6 Å². The quantitative estimate of drug-likeness (QED) is 0.662. The smallest absolute Gasteiger partial charge is 0.142 e. The number of benzene rings is 1. The van der Waals surface area contributed by atoms with Gasteiger partial charge in [0.25, 0.3) is 0 Å². The second kappa shape index (κ2) is 3.02. The highest BCUT2D eigenvalue weighted by atomic mass is 32.2. The first-order valence-corrected chi connectivity index (χ1v) is 4.79. The Hall–Kier alpha value is -1.05. The van der Waals surface area contributed by atoms with E-state index in [4.69, 9.17) is 5.26 Å². The van der Waals surface area contributed by atoms with Gasteiger partial charge in [-0.3, -0.25) is 0 Å². The molecular weight excluding hydrogens is 205 g/mol. The lowest BCUT2D eigenvalue weighted by Gasteiger charge is -1.92. The van der Waals surface area contributed by atoms with Gasteiger partial charge in [-0.2, -0.15) is 5.26 Å². The standard InChI is InChI=1S/C9H4FNS2/c10-7-3-8-5(1-6(7)4-11)2-9(12)13-8/h1-3,12H. The number of fused-ring (bicyclic) bond motifs is 1. The van der Waals surface area contributed by atoms with E-state index in [-0.39, 0.29) is 5.56 Å². The highest BCUT2D eigenvalue weighted by Gasteiger charge is 2.05. The lowest BCUT2D eigenvalue weighted by molar-refractivity contribution is 0.626. The van der Waals surface area contributed by atoms with Crippen molar-refractivity contribution in [3.8, 4) is 6.07 Å². The zero-order chi connectivity index (χ0) is 9.42. The van der Waals surface area contributed by atoms with Crippen molar-refractivity contribution in [2.45, 2.75) is 4.21 Å². The van der Waals surface area contributed by atoms with E-state index in [1.165, 1.54) is 17.4 Å². The average Bonchev–Trinajstić information content (AvgIpc) is 2.42. The van der Waals surface area contributed by atoms with Crippen molar-refractivity contribution < 1.29 is 4.39 Å². The van der Waals surface area contributed by atoms with Crippen LogP contribution in [0.5, 0.6) is 0 Å². The third-order valence-electron chi connectivity index (χ3n) is 1.71. The van der Waals surface area contributed by atoms with Crippen molar-refractivity contribution in [2.75, 3.05) is 0 Å². The molecule has 0 fully saturated rings. The highest BCUT2D eigenvalue weighted by Crippen LogP contribution is 2.29. The van der Waals surface area contributed by atoms with Gasteiger partial charge in [0, 0.05) is 4.70 Å². The Morgan fingerprint density at radius 3 is 2.85 bits per heavy atom. The molecule has 13 heavy (non-hydrogen) atoms. The zero-order valence-corrected chi connectivity index (χ0v) is 8.12. The molecule has 0 saturated carbocycles. The Morgan fingerprint density at radius 1 is 1.38 bits per heavy atom. The van der Waals surface area contributed by atoms with Crippen LogP contribution in [0, 0.1) is 17.1 Å². The van der Waals surface area contributed by atoms with E-state index in [1.807, 2.05) is 6.07 Å². The minimum Gasteiger partial charge on any atom is -0.205 e. The third kappa shape index (κ3) is 1.41. The van der Waals surface area contributed by atoms with Gasteiger partial charge in [0.15, 0.2) is 0 Å². The van der Waals surface area contributed by atoms with Crippen LogP contribution in [-0.2, 0) is 0 Å². The maximum Gasteiger partial charge on any atom is 0.142 e. The predicted octanol–water partition coefficient (Wildman–Crippen LogP) is 3.20. The Balaban J connectivity index is 2.82. The van der Waals surface area contributed by atoms with E-state index in [0.29, 0.717) is 0 Å². The molecule has 0 atom stereocenters. The maximum atomic E-state index is 13.1. The van der Waals surface area contributed by atoms with Gasteiger partial charge >= 0.3 is 0 Å². The summed E-state index contributed by atoms with van der Waals surface area (Å²) in [5.41, 5.74) is 0.0821. The summed E-state index contributed by atoms with van der Waals surface area (Å²) >= 11 is 5.55. The Bertz CT molecular complexity index is 510. The van der Waals surface area contributed by atoms with Crippen LogP contribution in [0.1, 0.15) is 5.56 Å². The second-order valence-corrected chi connectivity index (χ2v) is 4.43. The SMILES string of the molecule is N#Cc1cc2cc(S)sc2cc1F. The van der Waals surface area contributed by atoms with Crippen LogP contribution in [0.15, 0.2) is 22.4 Å². The molecule has 1 nitrogen and oxygen atoms in total. The molecule has 0 aliphatic rings. The fourth-order valence-electron chi connectivity index (χ4n) is 1.13. The van der Waals surface area contributed by atoms with Crippen molar-refractivity contribution >= 4 is 34.1 Å². The molecule has 0 amide bonds. The lowest BCUT2D eigenvalue weighted by Crippen LogP contribution is -1.80. The van der Waals surface area contributed by atoms with Crippen molar-refractivity contribution in [1.29, 1.82) is 5.26 Å². The fourth-order valence-corrected chi connectivity index (χ4v) is 2.38. The van der Waals surface area contributed by atoms with E-state index >= 15 is 0 Å². The average molecular weight is 209 g/mol. The number of thiophene rings is 1. The molecule has 0 N–H and O–H groups in total. The van der Waals surface area contributed by atoms with Gasteiger partial charge in [-0.05, 0) is 23.6 Å². The topological polar surface area (TPSA) is 23.8 Å². The normalized spacial score (nSPS) is 10.2. The number of nitriles is 1. The van der Waals surface area contributed by atoms with E-state index in [9.17, 15) is 4.39 Å².